The van der Waals surface area contributed by atoms with Crippen LogP contribution >= 0.6 is 11.6 Å². The highest BCUT2D eigenvalue weighted by atomic mass is 35.5. The number of ether oxygens (including phenoxy) is 1. The van der Waals surface area contributed by atoms with Gasteiger partial charge in [-0.25, -0.2) is 4.68 Å². The van der Waals surface area contributed by atoms with E-state index in [-0.39, 0.29) is 6.10 Å². The number of benzene rings is 1. The zero-order valence-corrected chi connectivity index (χ0v) is 13.1. The van der Waals surface area contributed by atoms with Gasteiger partial charge in [0.1, 0.15) is 16.6 Å². The summed E-state index contributed by atoms with van der Waals surface area (Å²) in [5.74, 6) is 0.850. The van der Waals surface area contributed by atoms with Gasteiger partial charge in [-0.2, -0.15) is 5.10 Å². The lowest BCUT2D eigenvalue weighted by Crippen LogP contribution is -2.05. The van der Waals surface area contributed by atoms with Crippen molar-refractivity contribution in [1.29, 1.82) is 0 Å². The molecule has 0 N–H and O–H groups in total. The minimum atomic E-state index is 0.160. The molecule has 110 valence electrons. The lowest BCUT2D eigenvalue weighted by Gasteiger charge is -2.09. The zero-order valence-electron chi connectivity index (χ0n) is 12.4. The van der Waals surface area contributed by atoms with Gasteiger partial charge in [0, 0.05) is 25.5 Å². The Morgan fingerprint density at radius 1 is 1.24 bits per heavy atom. The number of hydrogen-bond acceptors (Lipinski definition) is 3. The molecule has 0 saturated heterocycles. The maximum absolute atomic E-state index is 6.08. The van der Waals surface area contributed by atoms with E-state index in [0.717, 1.165) is 16.9 Å². The summed E-state index contributed by atoms with van der Waals surface area (Å²) >= 11 is 6.08. The van der Waals surface area contributed by atoms with Crippen LogP contribution in [0.3, 0.4) is 0 Å². The normalized spacial score (nSPS) is 11.8. The molecule has 0 aliphatic heterocycles. The second-order valence-corrected chi connectivity index (χ2v) is 5.16. The lowest BCUT2D eigenvalue weighted by molar-refractivity contribution is 0.242. The van der Waals surface area contributed by atoms with Crippen molar-refractivity contribution in [3.8, 4) is 16.9 Å². The highest BCUT2D eigenvalue weighted by Crippen LogP contribution is 2.26. The van der Waals surface area contributed by atoms with E-state index in [1.807, 2.05) is 50.4 Å². The van der Waals surface area contributed by atoms with Crippen LogP contribution in [0.25, 0.3) is 11.1 Å². The molecule has 0 atom stereocenters. The summed E-state index contributed by atoms with van der Waals surface area (Å²) in [4.78, 5) is 3.97. The van der Waals surface area contributed by atoms with Crippen molar-refractivity contribution in [1.82, 2.24) is 4.68 Å². The van der Waals surface area contributed by atoms with Crippen LogP contribution in [0.5, 0.6) is 5.75 Å². The molecule has 2 aromatic rings. The molecule has 0 saturated carbocycles. The Hall–Kier alpha value is -2.07. The van der Waals surface area contributed by atoms with Gasteiger partial charge in [-0.1, -0.05) is 23.7 Å². The van der Waals surface area contributed by atoms with Crippen molar-refractivity contribution >= 4 is 23.5 Å². The maximum Gasteiger partial charge on any atom is 0.149 e. The third-order valence-corrected chi connectivity index (χ3v) is 3.28. The van der Waals surface area contributed by atoms with Crippen molar-refractivity contribution in [3.63, 3.8) is 0 Å². The number of rotatable bonds is 5. The van der Waals surface area contributed by atoms with Gasteiger partial charge in [0.05, 0.1) is 6.10 Å². The molecule has 1 aromatic heterocycles. The van der Waals surface area contributed by atoms with Gasteiger partial charge in [0.2, 0.25) is 0 Å². The van der Waals surface area contributed by atoms with Gasteiger partial charge in [0.25, 0.3) is 0 Å². The summed E-state index contributed by atoms with van der Waals surface area (Å²) in [6.07, 6.45) is 2.03. The Morgan fingerprint density at radius 3 is 2.43 bits per heavy atom. The first kappa shape index (κ1) is 15.3. The fourth-order valence-corrected chi connectivity index (χ4v) is 2.13. The van der Waals surface area contributed by atoms with E-state index in [2.05, 4.69) is 16.8 Å². The van der Waals surface area contributed by atoms with Gasteiger partial charge < -0.3 is 4.74 Å². The van der Waals surface area contributed by atoms with E-state index < -0.39 is 0 Å². The van der Waals surface area contributed by atoms with Crippen molar-refractivity contribution in [2.75, 3.05) is 7.05 Å². The average Bonchev–Trinajstić information content (AvgIpc) is 2.91. The van der Waals surface area contributed by atoms with Crippen LogP contribution in [0.2, 0.25) is 0 Å². The minimum absolute atomic E-state index is 0.160. The fourth-order valence-electron chi connectivity index (χ4n) is 1.99. The monoisotopic (exact) mass is 303 g/mol. The predicted molar refractivity (Wildman–Crippen MR) is 88.9 cm³/mol. The maximum atomic E-state index is 6.08. The molecule has 4 nitrogen and oxygen atoms in total. The quantitative estimate of drug-likeness (QED) is 0.769. The van der Waals surface area contributed by atoms with Crippen LogP contribution in [0, 0.1) is 0 Å². The molecule has 1 aromatic carbocycles. The van der Waals surface area contributed by atoms with Crippen LogP contribution in [0.15, 0.2) is 46.6 Å². The summed E-state index contributed by atoms with van der Waals surface area (Å²) in [7, 11) is 1.64. The summed E-state index contributed by atoms with van der Waals surface area (Å²) in [5.41, 5.74) is 2.76. The Bertz CT molecular complexity index is 657. The molecule has 0 fully saturated rings. The van der Waals surface area contributed by atoms with E-state index in [1.54, 1.807) is 11.7 Å². The summed E-state index contributed by atoms with van der Waals surface area (Å²) in [6, 6.07) is 9.83. The zero-order chi connectivity index (χ0) is 15.4. The van der Waals surface area contributed by atoms with Crippen LogP contribution < -0.4 is 4.74 Å². The highest BCUT2D eigenvalue weighted by Gasteiger charge is 2.10. The first-order chi connectivity index (χ1) is 10.0. The molecule has 1 heterocycles. The standard InChI is InChI=1S/C16H18ClN3O/c1-11(2)21-14-7-5-12(6-8-14)13-9-15(16(17)18-3)20(10-13)19-4/h5-11H,4H2,1-3H3/b18-16+. The minimum Gasteiger partial charge on any atom is -0.491 e. The molecule has 21 heavy (non-hydrogen) atoms. The molecule has 0 unspecified atom stereocenters. The predicted octanol–water partition coefficient (Wildman–Crippen LogP) is 4.02. The van der Waals surface area contributed by atoms with Crippen LogP contribution in [-0.2, 0) is 0 Å². The van der Waals surface area contributed by atoms with E-state index in [1.165, 1.54) is 0 Å². The second-order valence-electron chi connectivity index (χ2n) is 4.81. The number of aromatic nitrogens is 1. The van der Waals surface area contributed by atoms with E-state index in [4.69, 9.17) is 16.3 Å². The third-order valence-electron chi connectivity index (χ3n) is 2.92. The molecule has 2 rings (SSSR count). The highest BCUT2D eigenvalue weighted by molar-refractivity contribution is 6.69. The SMILES string of the molecule is C=Nn1cc(-c2ccc(OC(C)C)cc2)cc1/C(Cl)=N\C. The molecule has 5 heteroatoms. The van der Waals surface area contributed by atoms with E-state index in [9.17, 15) is 0 Å². The number of aliphatic imine (C=N–C) groups is 1. The van der Waals surface area contributed by atoms with Gasteiger partial charge in [-0.05, 0) is 37.6 Å². The first-order valence-electron chi connectivity index (χ1n) is 6.64. The van der Waals surface area contributed by atoms with Crippen LogP contribution in [0.4, 0.5) is 0 Å². The van der Waals surface area contributed by atoms with E-state index in [0.29, 0.717) is 10.9 Å². The van der Waals surface area contributed by atoms with E-state index >= 15 is 0 Å². The van der Waals surface area contributed by atoms with Crippen molar-refractivity contribution in [2.45, 2.75) is 20.0 Å². The van der Waals surface area contributed by atoms with Gasteiger partial charge in [0.15, 0.2) is 0 Å². The molecule has 0 aliphatic rings. The Balaban J connectivity index is 2.34. The smallest absolute Gasteiger partial charge is 0.149 e. The van der Waals surface area contributed by atoms with Crippen LogP contribution in [-0.4, -0.2) is 29.7 Å². The average molecular weight is 304 g/mol. The lowest BCUT2D eigenvalue weighted by atomic mass is 10.1. The molecule has 0 aliphatic carbocycles. The molecular formula is C16H18ClN3O. The third kappa shape index (κ3) is 3.52. The van der Waals surface area contributed by atoms with Crippen LogP contribution in [0.1, 0.15) is 19.5 Å². The second kappa shape index (κ2) is 6.59. The topological polar surface area (TPSA) is 38.9 Å². The Morgan fingerprint density at radius 2 is 1.90 bits per heavy atom. The molecule has 0 bridgehead atoms. The molecule has 0 amide bonds. The van der Waals surface area contributed by atoms with Gasteiger partial charge in [-0.15, -0.1) is 0 Å². The summed E-state index contributed by atoms with van der Waals surface area (Å²) < 4.78 is 7.25. The number of hydrogen-bond donors (Lipinski definition) is 0. The number of halogens is 1. The largest absolute Gasteiger partial charge is 0.491 e. The summed E-state index contributed by atoms with van der Waals surface area (Å²) in [5, 5.41) is 4.32. The number of nitrogens with zero attached hydrogens (tertiary/aromatic N) is 3. The van der Waals surface area contributed by atoms with Gasteiger partial charge in [-0.3, -0.25) is 4.99 Å². The van der Waals surface area contributed by atoms with Crippen molar-refractivity contribution < 1.29 is 4.74 Å². The molecular weight excluding hydrogens is 286 g/mol. The Labute approximate surface area is 129 Å². The van der Waals surface area contributed by atoms with Crippen molar-refractivity contribution in [2.24, 2.45) is 10.1 Å². The summed E-state index contributed by atoms with van der Waals surface area (Å²) in [6.45, 7) is 7.55. The first-order valence-corrected chi connectivity index (χ1v) is 7.02. The van der Waals surface area contributed by atoms with Crippen molar-refractivity contribution in [3.05, 3.63) is 42.2 Å². The van der Waals surface area contributed by atoms with Gasteiger partial charge >= 0.3 is 0 Å². The fraction of sp³-hybridized carbons (Fsp3) is 0.250. The molecule has 0 spiro atoms. The molecule has 0 radical (unpaired) electrons. The Kier molecular flexibility index (Phi) is 4.81.